The summed E-state index contributed by atoms with van der Waals surface area (Å²) in [5.41, 5.74) is 0.651. The van der Waals surface area contributed by atoms with Crippen LogP contribution >= 0.6 is 11.3 Å². The summed E-state index contributed by atoms with van der Waals surface area (Å²) >= 11 is 1.80. The van der Waals surface area contributed by atoms with Gasteiger partial charge in [0, 0.05) is 35.7 Å². The van der Waals surface area contributed by atoms with E-state index in [1.165, 1.54) is 43.5 Å². The first-order valence-electron chi connectivity index (χ1n) is 8.04. The van der Waals surface area contributed by atoms with Gasteiger partial charge in [-0.05, 0) is 26.2 Å². The van der Waals surface area contributed by atoms with Gasteiger partial charge in [0.2, 0.25) is 0 Å². The van der Waals surface area contributed by atoms with Crippen LogP contribution in [0.15, 0.2) is 11.6 Å². The SMILES string of the molecule is CCC1(C)CN(Cc2nccs2)C2(CCCCC2)CN1. The molecule has 0 aromatic carbocycles. The fourth-order valence-corrected chi connectivity index (χ4v) is 4.42. The molecule has 2 fully saturated rings. The summed E-state index contributed by atoms with van der Waals surface area (Å²) in [4.78, 5) is 7.27. The Morgan fingerprint density at radius 2 is 2.15 bits per heavy atom. The summed E-state index contributed by atoms with van der Waals surface area (Å²) in [6, 6.07) is 0. The van der Waals surface area contributed by atoms with Gasteiger partial charge >= 0.3 is 0 Å². The van der Waals surface area contributed by atoms with Crippen LogP contribution in [-0.2, 0) is 6.54 Å². The van der Waals surface area contributed by atoms with Crippen LogP contribution in [0.5, 0.6) is 0 Å². The predicted molar refractivity (Wildman–Crippen MR) is 85.0 cm³/mol. The Morgan fingerprint density at radius 3 is 2.80 bits per heavy atom. The van der Waals surface area contributed by atoms with E-state index in [0.29, 0.717) is 5.54 Å². The highest BCUT2D eigenvalue weighted by molar-refractivity contribution is 7.09. The van der Waals surface area contributed by atoms with E-state index >= 15 is 0 Å². The molecule has 1 unspecified atom stereocenters. The molecule has 3 rings (SSSR count). The second kappa shape index (κ2) is 5.74. The molecule has 20 heavy (non-hydrogen) atoms. The third-order valence-corrected chi connectivity index (χ3v) is 6.19. The van der Waals surface area contributed by atoms with E-state index in [1.54, 1.807) is 11.3 Å². The molecule has 3 nitrogen and oxygen atoms in total. The van der Waals surface area contributed by atoms with Crippen LogP contribution in [0.2, 0.25) is 0 Å². The lowest BCUT2D eigenvalue weighted by Crippen LogP contribution is -2.69. The quantitative estimate of drug-likeness (QED) is 0.925. The van der Waals surface area contributed by atoms with E-state index in [2.05, 4.69) is 34.4 Å². The summed E-state index contributed by atoms with van der Waals surface area (Å²) < 4.78 is 0. The van der Waals surface area contributed by atoms with E-state index in [4.69, 9.17) is 0 Å². The molecule has 1 spiro atoms. The summed E-state index contributed by atoms with van der Waals surface area (Å²) in [5, 5.41) is 7.23. The minimum Gasteiger partial charge on any atom is -0.308 e. The predicted octanol–water partition coefficient (Wildman–Crippen LogP) is 3.42. The van der Waals surface area contributed by atoms with Gasteiger partial charge in [0.15, 0.2) is 0 Å². The smallest absolute Gasteiger partial charge is 0.107 e. The van der Waals surface area contributed by atoms with Crippen LogP contribution in [-0.4, -0.2) is 34.1 Å². The zero-order valence-corrected chi connectivity index (χ0v) is 13.6. The molecule has 0 amide bonds. The number of nitrogens with zero attached hydrogens (tertiary/aromatic N) is 2. The topological polar surface area (TPSA) is 28.2 Å². The minimum absolute atomic E-state index is 0.264. The Kier molecular flexibility index (Phi) is 4.16. The molecule has 1 aromatic heterocycles. The molecule has 1 aliphatic heterocycles. The fraction of sp³-hybridized carbons (Fsp3) is 0.812. The molecule has 1 atom stereocenters. The number of thiazole rings is 1. The second-order valence-electron chi connectivity index (χ2n) is 6.83. The molecule has 2 heterocycles. The van der Waals surface area contributed by atoms with Crippen molar-refractivity contribution < 1.29 is 0 Å². The van der Waals surface area contributed by atoms with Crippen molar-refractivity contribution in [1.29, 1.82) is 0 Å². The van der Waals surface area contributed by atoms with Crippen molar-refractivity contribution in [2.24, 2.45) is 0 Å². The Balaban J connectivity index is 1.81. The van der Waals surface area contributed by atoms with Crippen LogP contribution in [0.3, 0.4) is 0 Å². The monoisotopic (exact) mass is 293 g/mol. The number of hydrogen-bond donors (Lipinski definition) is 1. The lowest BCUT2D eigenvalue weighted by Gasteiger charge is -2.55. The number of aromatic nitrogens is 1. The highest BCUT2D eigenvalue weighted by Crippen LogP contribution is 2.38. The standard InChI is InChI=1S/C16H27N3S/c1-3-15(2)13-19(11-14-17-9-10-20-14)16(12-18-15)7-5-4-6-8-16/h9-10,18H,3-8,11-13H2,1-2H3. The molecule has 4 heteroatoms. The Morgan fingerprint density at radius 1 is 1.35 bits per heavy atom. The van der Waals surface area contributed by atoms with Gasteiger partial charge in [-0.1, -0.05) is 26.2 Å². The average Bonchev–Trinajstić information content (AvgIpc) is 2.98. The maximum atomic E-state index is 4.52. The lowest BCUT2D eigenvalue weighted by atomic mass is 9.76. The number of nitrogens with one attached hydrogen (secondary N) is 1. The van der Waals surface area contributed by atoms with Crippen molar-refractivity contribution in [2.75, 3.05) is 13.1 Å². The Labute approximate surface area is 126 Å². The summed E-state index contributed by atoms with van der Waals surface area (Å²) in [7, 11) is 0. The van der Waals surface area contributed by atoms with Crippen molar-refractivity contribution in [3.8, 4) is 0 Å². The number of piperazine rings is 1. The fourth-order valence-electron chi connectivity index (χ4n) is 3.79. The molecule has 112 valence electrons. The van der Waals surface area contributed by atoms with Gasteiger partial charge in [0.05, 0.1) is 6.54 Å². The molecule has 1 N–H and O–H groups in total. The Hall–Kier alpha value is -0.450. The van der Waals surface area contributed by atoms with Crippen molar-refractivity contribution in [3.63, 3.8) is 0 Å². The molecular weight excluding hydrogens is 266 g/mol. The number of rotatable bonds is 3. The molecule has 0 radical (unpaired) electrons. The summed E-state index contributed by atoms with van der Waals surface area (Å²) in [5.74, 6) is 0. The molecule has 1 saturated heterocycles. The van der Waals surface area contributed by atoms with Crippen molar-refractivity contribution in [2.45, 2.75) is 70.0 Å². The molecule has 0 bridgehead atoms. The first kappa shape index (κ1) is 14.5. The van der Waals surface area contributed by atoms with Crippen LogP contribution < -0.4 is 5.32 Å². The first-order chi connectivity index (χ1) is 9.66. The first-order valence-corrected chi connectivity index (χ1v) is 8.92. The molecule has 1 aromatic rings. The highest BCUT2D eigenvalue weighted by Gasteiger charge is 2.45. The van der Waals surface area contributed by atoms with E-state index in [0.717, 1.165) is 19.6 Å². The van der Waals surface area contributed by atoms with Gasteiger partial charge in [0.25, 0.3) is 0 Å². The van der Waals surface area contributed by atoms with Crippen LogP contribution in [0.1, 0.15) is 57.4 Å². The van der Waals surface area contributed by atoms with Gasteiger partial charge in [-0.15, -0.1) is 11.3 Å². The van der Waals surface area contributed by atoms with Gasteiger partial charge < -0.3 is 5.32 Å². The molecule has 2 aliphatic rings. The average molecular weight is 293 g/mol. The van der Waals surface area contributed by atoms with Gasteiger partial charge in [-0.2, -0.15) is 0 Å². The van der Waals surface area contributed by atoms with E-state index in [-0.39, 0.29) is 5.54 Å². The van der Waals surface area contributed by atoms with Crippen molar-refractivity contribution in [3.05, 3.63) is 16.6 Å². The van der Waals surface area contributed by atoms with E-state index < -0.39 is 0 Å². The van der Waals surface area contributed by atoms with Crippen LogP contribution in [0.25, 0.3) is 0 Å². The zero-order chi connectivity index (χ0) is 14.1. The molecule has 1 aliphatic carbocycles. The van der Waals surface area contributed by atoms with Gasteiger partial charge in [-0.3, -0.25) is 4.90 Å². The molecule has 1 saturated carbocycles. The van der Waals surface area contributed by atoms with Crippen LogP contribution in [0, 0.1) is 0 Å². The maximum Gasteiger partial charge on any atom is 0.107 e. The van der Waals surface area contributed by atoms with Gasteiger partial charge in [-0.25, -0.2) is 4.98 Å². The van der Waals surface area contributed by atoms with Crippen molar-refractivity contribution >= 4 is 11.3 Å². The lowest BCUT2D eigenvalue weighted by molar-refractivity contribution is -0.0217. The zero-order valence-electron chi connectivity index (χ0n) is 12.8. The normalized spacial score (nSPS) is 30.7. The second-order valence-corrected chi connectivity index (χ2v) is 7.81. The Bertz CT molecular complexity index is 425. The molecular formula is C16H27N3S. The summed E-state index contributed by atoms with van der Waals surface area (Å²) in [6.45, 7) is 8.02. The number of hydrogen-bond acceptors (Lipinski definition) is 4. The largest absolute Gasteiger partial charge is 0.308 e. The van der Waals surface area contributed by atoms with Gasteiger partial charge in [0.1, 0.15) is 5.01 Å². The third kappa shape index (κ3) is 2.78. The highest BCUT2D eigenvalue weighted by atomic mass is 32.1. The van der Waals surface area contributed by atoms with E-state index in [1.807, 2.05) is 6.20 Å². The summed E-state index contributed by atoms with van der Waals surface area (Å²) in [6.07, 6.45) is 10.0. The maximum absolute atomic E-state index is 4.52. The minimum atomic E-state index is 0.264. The third-order valence-electron chi connectivity index (χ3n) is 5.43. The van der Waals surface area contributed by atoms with E-state index in [9.17, 15) is 0 Å². The van der Waals surface area contributed by atoms with Crippen molar-refractivity contribution in [1.82, 2.24) is 15.2 Å². The van der Waals surface area contributed by atoms with Crippen LogP contribution in [0.4, 0.5) is 0 Å².